The van der Waals surface area contributed by atoms with Crippen LogP contribution in [0.15, 0.2) is 24.3 Å². The van der Waals surface area contributed by atoms with Crippen molar-refractivity contribution < 1.29 is 19.4 Å². The van der Waals surface area contributed by atoms with Gasteiger partial charge in [-0.2, -0.15) is 0 Å². The van der Waals surface area contributed by atoms with E-state index in [1.165, 1.54) is 11.8 Å². The molecule has 104 valence electrons. The van der Waals surface area contributed by atoms with Gasteiger partial charge in [0.1, 0.15) is 6.61 Å². The third-order valence-corrected chi connectivity index (χ3v) is 2.77. The minimum absolute atomic E-state index is 0.226. The number of benzene rings is 1. The maximum Gasteiger partial charge on any atom is 0.332 e. The number of hydrogen-bond donors (Lipinski definition) is 1. The Kier molecular flexibility index (Phi) is 5.51. The van der Waals surface area contributed by atoms with E-state index in [1.54, 1.807) is 7.05 Å². The van der Waals surface area contributed by atoms with Crippen LogP contribution in [0.1, 0.15) is 18.1 Å². The van der Waals surface area contributed by atoms with Gasteiger partial charge in [-0.05, 0) is 19.4 Å². The number of carboxylic acid groups (broad SMARTS) is 1. The van der Waals surface area contributed by atoms with Gasteiger partial charge >= 0.3 is 5.97 Å². The Labute approximate surface area is 112 Å². The lowest BCUT2D eigenvalue weighted by Gasteiger charge is -2.18. The lowest BCUT2D eigenvalue weighted by atomic mass is 10.1. The van der Waals surface area contributed by atoms with E-state index in [0.717, 1.165) is 11.1 Å². The number of aryl methyl sites for hydroxylation is 1. The van der Waals surface area contributed by atoms with E-state index in [2.05, 4.69) is 0 Å². The monoisotopic (exact) mass is 265 g/mol. The molecule has 1 N–H and O–H groups in total. The average molecular weight is 265 g/mol. The zero-order chi connectivity index (χ0) is 14.4. The second-order valence-electron chi connectivity index (χ2n) is 4.53. The largest absolute Gasteiger partial charge is 0.479 e. The maximum atomic E-state index is 11.7. The minimum atomic E-state index is -1.08. The first-order valence-corrected chi connectivity index (χ1v) is 6.04. The molecule has 0 aliphatic rings. The number of carboxylic acids is 1. The Hall–Kier alpha value is -1.88. The summed E-state index contributed by atoms with van der Waals surface area (Å²) in [5, 5.41) is 8.64. The molecule has 0 fully saturated rings. The van der Waals surface area contributed by atoms with E-state index in [9.17, 15) is 9.59 Å². The first-order valence-electron chi connectivity index (χ1n) is 6.04. The number of likely N-dealkylation sites (N-methyl/N-ethyl adjacent to an activating group) is 1. The maximum absolute atomic E-state index is 11.7. The SMILES string of the molecule is Cc1ccc(CN(C)C(=O)CO[C@@H](C)C(=O)O)cc1. The fraction of sp³-hybridized carbons (Fsp3) is 0.429. The summed E-state index contributed by atoms with van der Waals surface area (Å²) in [6.07, 6.45) is -0.975. The molecule has 1 amide bonds. The standard InChI is InChI=1S/C14H19NO4/c1-10-4-6-12(7-5-10)8-15(3)13(16)9-19-11(2)14(17)18/h4-7,11H,8-9H2,1-3H3,(H,17,18)/t11-/m0/s1. The molecule has 0 saturated heterocycles. The first-order chi connectivity index (χ1) is 8.90. The number of aliphatic carboxylic acids is 1. The van der Waals surface area contributed by atoms with Gasteiger partial charge in [0.15, 0.2) is 6.10 Å². The van der Waals surface area contributed by atoms with Gasteiger partial charge in [0, 0.05) is 13.6 Å². The number of nitrogens with zero attached hydrogens (tertiary/aromatic N) is 1. The van der Waals surface area contributed by atoms with Gasteiger partial charge in [0.25, 0.3) is 0 Å². The van der Waals surface area contributed by atoms with E-state index in [1.807, 2.05) is 31.2 Å². The van der Waals surface area contributed by atoms with Crippen LogP contribution in [0.4, 0.5) is 0 Å². The van der Waals surface area contributed by atoms with Gasteiger partial charge in [0.05, 0.1) is 0 Å². The molecule has 0 unspecified atom stereocenters. The van der Waals surface area contributed by atoms with Gasteiger partial charge < -0.3 is 14.7 Å². The van der Waals surface area contributed by atoms with Crippen molar-refractivity contribution in [1.82, 2.24) is 4.90 Å². The van der Waals surface area contributed by atoms with E-state index in [0.29, 0.717) is 6.54 Å². The van der Waals surface area contributed by atoms with Crippen molar-refractivity contribution in [2.45, 2.75) is 26.5 Å². The van der Waals surface area contributed by atoms with Crippen LogP contribution in [0.5, 0.6) is 0 Å². The highest BCUT2D eigenvalue weighted by molar-refractivity contribution is 5.78. The highest BCUT2D eigenvalue weighted by atomic mass is 16.5. The van der Waals surface area contributed by atoms with Crippen LogP contribution in [0.25, 0.3) is 0 Å². The van der Waals surface area contributed by atoms with Crippen LogP contribution in [-0.2, 0) is 20.9 Å². The summed E-state index contributed by atoms with van der Waals surface area (Å²) in [4.78, 5) is 23.8. The van der Waals surface area contributed by atoms with Gasteiger partial charge in [-0.15, -0.1) is 0 Å². The molecule has 1 aromatic carbocycles. The first kappa shape index (κ1) is 15.2. The predicted octanol–water partition coefficient (Wildman–Crippen LogP) is 1.44. The van der Waals surface area contributed by atoms with Crippen molar-refractivity contribution in [2.75, 3.05) is 13.7 Å². The third-order valence-electron chi connectivity index (χ3n) is 2.77. The van der Waals surface area contributed by atoms with E-state index in [-0.39, 0.29) is 12.5 Å². The molecule has 19 heavy (non-hydrogen) atoms. The zero-order valence-corrected chi connectivity index (χ0v) is 11.4. The fourth-order valence-corrected chi connectivity index (χ4v) is 1.43. The summed E-state index contributed by atoms with van der Waals surface area (Å²) in [6.45, 7) is 3.65. The topological polar surface area (TPSA) is 66.8 Å². The molecule has 0 aliphatic heterocycles. The smallest absolute Gasteiger partial charge is 0.332 e. The molecule has 0 spiro atoms. The number of amides is 1. The molecule has 0 bridgehead atoms. The van der Waals surface area contributed by atoms with Crippen LogP contribution in [-0.4, -0.2) is 41.6 Å². The molecule has 0 aliphatic carbocycles. The molecule has 5 heteroatoms. The normalized spacial score (nSPS) is 11.9. The average Bonchev–Trinajstić information content (AvgIpc) is 2.37. The molecular weight excluding hydrogens is 246 g/mol. The van der Waals surface area contributed by atoms with Gasteiger partial charge in [-0.25, -0.2) is 4.79 Å². The summed E-state index contributed by atoms with van der Waals surface area (Å²) in [5.74, 6) is -1.32. The summed E-state index contributed by atoms with van der Waals surface area (Å²) < 4.78 is 4.95. The van der Waals surface area contributed by atoms with Crippen LogP contribution in [0.2, 0.25) is 0 Å². The van der Waals surface area contributed by atoms with Gasteiger partial charge in [-0.3, -0.25) is 4.79 Å². The Morgan fingerprint density at radius 2 is 1.89 bits per heavy atom. The minimum Gasteiger partial charge on any atom is -0.479 e. The lowest BCUT2D eigenvalue weighted by Crippen LogP contribution is -2.32. The summed E-state index contributed by atoms with van der Waals surface area (Å²) in [5.41, 5.74) is 2.18. The molecule has 0 saturated carbocycles. The summed E-state index contributed by atoms with van der Waals surface area (Å²) in [6, 6.07) is 7.88. The molecule has 0 radical (unpaired) electrons. The van der Waals surface area contributed by atoms with Crippen molar-refractivity contribution in [1.29, 1.82) is 0 Å². The number of ether oxygens (including phenoxy) is 1. The van der Waals surface area contributed by atoms with Crippen molar-refractivity contribution in [3.63, 3.8) is 0 Å². The third kappa shape index (κ3) is 5.09. The van der Waals surface area contributed by atoms with Gasteiger partial charge in [-0.1, -0.05) is 29.8 Å². The Bertz CT molecular complexity index is 441. The molecule has 1 atom stereocenters. The molecular formula is C14H19NO4. The van der Waals surface area contributed by atoms with Crippen LogP contribution in [0, 0.1) is 6.92 Å². The van der Waals surface area contributed by atoms with E-state index in [4.69, 9.17) is 9.84 Å². The van der Waals surface area contributed by atoms with Crippen LogP contribution < -0.4 is 0 Å². The fourth-order valence-electron chi connectivity index (χ4n) is 1.43. The van der Waals surface area contributed by atoms with E-state index < -0.39 is 12.1 Å². The summed E-state index contributed by atoms with van der Waals surface area (Å²) >= 11 is 0. The lowest BCUT2D eigenvalue weighted by molar-refractivity contribution is -0.152. The second kappa shape index (κ2) is 6.89. The van der Waals surface area contributed by atoms with Crippen LogP contribution in [0.3, 0.4) is 0 Å². The van der Waals surface area contributed by atoms with Crippen LogP contribution >= 0.6 is 0 Å². The molecule has 5 nitrogen and oxygen atoms in total. The molecule has 1 rings (SSSR count). The molecule has 0 aromatic heterocycles. The number of rotatable bonds is 6. The Morgan fingerprint density at radius 3 is 2.42 bits per heavy atom. The predicted molar refractivity (Wildman–Crippen MR) is 70.7 cm³/mol. The quantitative estimate of drug-likeness (QED) is 0.845. The van der Waals surface area contributed by atoms with Crippen molar-refractivity contribution in [3.8, 4) is 0 Å². The Balaban J connectivity index is 2.44. The van der Waals surface area contributed by atoms with Crippen molar-refractivity contribution >= 4 is 11.9 Å². The number of hydrogen-bond acceptors (Lipinski definition) is 3. The summed E-state index contributed by atoms with van der Waals surface area (Å²) in [7, 11) is 1.66. The molecule has 1 aromatic rings. The Morgan fingerprint density at radius 1 is 1.32 bits per heavy atom. The highest BCUT2D eigenvalue weighted by Crippen LogP contribution is 2.06. The number of carbonyl (C=O) groups is 2. The highest BCUT2D eigenvalue weighted by Gasteiger charge is 2.15. The zero-order valence-electron chi connectivity index (χ0n) is 11.4. The number of carbonyl (C=O) groups excluding carboxylic acids is 1. The van der Waals surface area contributed by atoms with Crippen molar-refractivity contribution in [3.05, 3.63) is 35.4 Å². The van der Waals surface area contributed by atoms with Crippen molar-refractivity contribution in [2.24, 2.45) is 0 Å². The second-order valence-corrected chi connectivity index (χ2v) is 4.53. The van der Waals surface area contributed by atoms with Gasteiger partial charge in [0.2, 0.25) is 5.91 Å². The molecule has 0 heterocycles. The van der Waals surface area contributed by atoms with E-state index >= 15 is 0 Å².